The van der Waals surface area contributed by atoms with Crippen molar-refractivity contribution < 1.29 is 5.11 Å². The van der Waals surface area contributed by atoms with E-state index in [-0.39, 0.29) is 6.10 Å². The van der Waals surface area contributed by atoms with Crippen LogP contribution in [0.1, 0.15) is 44.9 Å². The molecule has 0 bridgehead atoms. The topological polar surface area (TPSA) is 38.7 Å². The molecule has 0 aromatic rings. The molecule has 0 amide bonds. The maximum absolute atomic E-state index is 10.1. The zero-order valence-corrected chi connectivity index (χ0v) is 13.9. The second kappa shape index (κ2) is 6.53. The number of hydrogen-bond acceptors (Lipinski definition) is 4. The van der Waals surface area contributed by atoms with Crippen molar-refractivity contribution in [3.05, 3.63) is 0 Å². The number of hydrogen-bond donors (Lipinski definition) is 2. The van der Waals surface area contributed by atoms with Gasteiger partial charge in [-0.1, -0.05) is 12.8 Å². The molecule has 2 saturated carbocycles. The first-order valence-corrected chi connectivity index (χ1v) is 8.87. The predicted molar refractivity (Wildman–Crippen MR) is 86.5 cm³/mol. The molecular formula is C17H33N3O. The summed E-state index contributed by atoms with van der Waals surface area (Å²) in [5.74, 6) is 0. The Kier molecular flexibility index (Phi) is 4.89. The largest absolute Gasteiger partial charge is 0.392 e. The third kappa shape index (κ3) is 4.19. The van der Waals surface area contributed by atoms with Crippen molar-refractivity contribution >= 4 is 0 Å². The third-order valence-electron chi connectivity index (χ3n) is 5.63. The highest BCUT2D eigenvalue weighted by Gasteiger charge is 2.41. The van der Waals surface area contributed by atoms with Gasteiger partial charge in [-0.05, 0) is 51.6 Å². The van der Waals surface area contributed by atoms with Crippen LogP contribution >= 0.6 is 0 Å². The van der Waals surface area contributed by atoms with E-state index in [1.807, 2.05) is 0 Å². The van der Waals surface area contributed by atoms with Gasteiger partial charge in [0.2, 0.25) is 0 Å². The van der Waals surface area contributed by atoms with Crippen LogP contribution in [0.4, 0.5) is 0 Å². The van der Waals surface area contributed by atoms with Gasteiger partial charge < -0.3 is 15.3 Å². The Morgan fingerprint density at radius 3 is 2.57 bits per heavy atom. The number of nitrogens with zero attached hydrogens (tertiary/aromatic N) is 2. The van der Waals surface area contributed by atoms with Crippen molar-refractivity contribution in [2.75, 3.05) is 40.3 Å². The molecule has 0 radical (unpaired) electrons. The van der Waals surface area contributed by atoms with Crippen LogP contribution in [0.2, 0.25) is 0 Å². The molecule has 2 unspecified atom stereocenters. The first kappa shape index (κ1) is 15.7. The highest BCUT2D eigenvalue weighted by atomic mass is 16.3. The molecule has 3 aliphatic rings. The van der Waals surface area contributed by atoms with E-state index in [4.69, 9.17) is 0 Å². The molecule has 2 N–H and O–H groups in total. The maximum atomic E-state index is 10.1. The lowest BCUT2D eigenvalue weighted by molar-refractivity contribution is 0.114. The van der Waals surface area contributed by atoms with Gasteiger partial charge in [0, 0.05) is 38.3 Å². The van der Waals surface area contributed by atoms with Gasteiger partial charge in [-0.25, -0.2) is 0 Å². The van der Waals surface area contributed by atoms with Crippen LogP contribution in [0.5, 0.6) is 0 Å². The Balaban J connectivity index is 1.60. The molecular weight excluding hydrogens is 262 g/mol. The fraction of sp³-hybridized carbons (Fsp3) is 1.00. The van der Waals surface area contributed by atoms with E-state index in [0.717, 1.165) is 25.6 Å². The van der Waals surface area contributed by atoms with Crippen molar-refractivity contribution in [2.45, 2.75) is 63.1 Å². The van der Waals surface area contributed by atoms with Gasteiger partial charge in [0.05, 0.1) is 6.10 Å². The number of likely N-dealkylation sites (tertiary alicyclic amines) is 1. The number of β-amino-alcohol motifs (C(OH)–C–C–N with tert-alkyl or cyclic N) is 1. The van der Waals surface area contributed by atoms with Crippen LogP contribution in [0.25, 0.3) is 0 Å². The summed E-state index contributed by atoms with van der Waals surface area (Å²) in [6.45, 7) is 4.33. The van der Waals surface area contributed by atoms with Crippen LogP contribution < -0.4 is 5.32 Å². The van der Waals surface area contributed by atoms with Crippen LogP contribution in [0.15, 0.2) is 0 Å². The predicted octanol–water partition coefficient (Wildman–Crippen LogP) is 1.30. The molecule has 1 aliphatic heterocycles. The molecule has 0 spiro atoms. The van der Waals surface area contributed by atoms with E-state index in [1.54, 1.807) is 0 Å². The Bertz CT molecular complexity index is 337. The summed E-state index contributed by atoms with van der Waals surface area (Å²) in [4.78, 5) is 4.85. The first-order chi connectivity index (χ1) is 10.1. The number of likely N-dealkylation sites (N-methyl/N-ethyl adjacent to an activating group) is 1. The first-order valence-electron chi connectivity index (χ1n) is 8.87. The zero-order valence-electron chi connectivity index (χ0n) is 13.9. The molecule has 2 atom stereocenters. The summed E-state index contributed by atoms with van der Waals surface area (Å²) < 4.78 is 0. The molecule has 0 aromatic carbocycles. The standard InChI is InChI=1S/C17H33N3O/c1-19(2)10-15-9-16(21)11-20(15)13-17(7-3-4-8-17)12-18-14-5-6-14/h14-16,18,21H,3-13H2,1-2H3. The van der Waals surface area contributed by atoms with Gasteiger partial charge in [0.25, 0.3) is 0 Å². The second-order valence-electron chi connectivity index (χ2n) is 8.10. The molecule has 2 aliphatic carbocycles. The van der Waals surface area contributed by atoms with Gasteiger partial charge in [0.1, 0.15) is 0 Å². The highest BCUT2D eigenvalue weighted by Crippen LogP contribution is 2.40. The lowest BCUT2D eigenvalue weighted by Crippen LogP contribution is -2.47. The summed E-state index contributed by atoms with van der Waals surface area (Å²) >= 11 is 0. The number of rotatable bonds is 7. The zero-order chi connectivity index (χ0) is 14.9. The molecule has 1 saturated heterocycles. The maximum Gasteiger partial charge on any atom is 0.0682 e. The minimum Gasteiger partial charge on any atom is -0.392 e. The molecule has 122 valence electrons. The fourth-order valence-electron chi connectivity index (χ4n) is 4.36. The van der Waals surface area contributed by atoms with Gasteiger partial charge in [-0.15, -0.1) is 0 Å². The number of aliphatic hydroxyl groups is 1. The molecule has 1 heterocycles. The van der Waals surface area contributed by atoms with Crippen molar-refractivity contribution in [1.29, 1.82) is 0 Å². The highest BCUT2D eigenvalue weighted by molar-refractivity contribution is 4.96. The van der Waals surface area contributed by atoms with Crippen molar-refractivity contribution in [3.8, 4) is 0 Å². The Labute approximate surface area is 129 Å². The van der Waals surface area contributed by atoms with Crippen molar-refractivity contribution in [2.24, 2.45) is 5.41 Å². The van der Waals surface area contributed by atoms with Gasteiger partial charge in [0.15, 0.2) is 0 Å². The fourth-order valence-corrected chi connectivity index (χ4v) is 4.36. The monoisotopic (exact) mass is 295 g/mol. The van der Waals surface area contributed by atoms with Gasteiger partial charge >= 0.3 is 0 Å². The van der Waals surface area contributed by atoms with E-state index in [2.05, 4.69) is 29.2 Å². The summed E-state index contributed by atoms with van der Waals surface area (Å²) in [5.41, 5.74) is 0.469. The lowest BCUT2D eigenvalue weighted by atomic mass is 9.85. The Hall–Kier alpha value is -0.160. The smallest absolute Gasteiger partial charge is 0.0682 e. The minimum atomic E-state index is -0.121. The molecule has 3 rings (SSSR count). The quantitative estimate of drug-likeness (QED) is 0.742. The van der Waals surface area contributed by atoms with Crippen LogP contribution in [0, 0.1) is 5.41 Å². The molecule has 21 heavy (non-hydrogen) atoms. The molecule has 4 heteroatoms. The van der Waals surface area contributed by atoms with Crippen LogP contribution in [-0.4, -0.2) is 73.4 Å². The Morgan fingerprint density at radius 2 is 1.95 bits per heavy atom. The van der Waals surface area contributed by atoms with E-state index in [0.29, 0.717) is 11.5 Å². The summed E-state index contributed by atoms with van der Waals surface area (Å²) in [6.07, 6.45) is 9.10. The molecule has 0 aromatic heterocycles. The average molecular weight is 295 g/mol. The number of nitrogens with one attached hydrogen (secondary N) is 1. The third-order valence-corrected chi connectivity index (χ3v) is 5.63. The summed E-state index contributed by atoms with van der Waals surface area (Å²) in [7, 11) is 4.28. The summed E-state index contributed by atoms with van der Waals surface area (Å²) in [5, 5.41) is 13.9. The number of aliphatic hydroxyl groups excluding tert-OH is 1. The normalized spacial score (nSPS) is 33.1. The van der Waals surface area contributed by atoms with Gasteiger partial charge in [-0.2, -0.15) is 0 Å². The van der Waals surface area contributed by atoms with E-state index < -0.39 is 0 Å². The van der Waals surface area contributed by atoms with Crippen molar-refractivity contribution in [3.63, 3.8) is 0 Å². The molecule has 3 fully saturated rings. The van der Waals surface area contributed by atoms with Crippen molar-refractivity contribution in [1.82, 2.24) is 15.1 Å². The van der Waals surface area contributed by atoms with E-state index in [1.165, 1.54) is 51.6 Å². The summed E-state index contributed by atoms with van der Waals surface area (Å²) in [6, 6.07) is 1.35. The Morgan fingerprint density at radius 1 is 1.24 bits per heavy atom. The van der Waals surface area contributed by atoms with E-state index in [9.17, 15) is 5.11 Å². The van der Waals surface area contributed by atoms with Gasteiger partial charge in [-0.3, -0.25) is 4.90 Å². The second-order valence-corrected chi connectivity index (χ2v) is 8.10. The molecule has 4 nitrogen and oxygen atoms in total. The van der Waals surface area contributed by atoms with Crippen LogP contribution in [-0.2, 0) is 0 Å². The lowest BCUT2D eigenvalue weighted by Gasteiger charge is -2.37. The average Bonchev–Trinajstić information content (AvgIpc) is 3.04. The van der Waals surface area contributed by atoms with E-state index >= 15 is 0 Å². The SMILES string of the molecule is CN(C)CC1CC(O)CN1CC1(CNC2CC2)CCCC1. The minimum absolute atomic E-state index is 0.121. The van der Waals surface area contributed by atoms with Crippen LogP contribution in [0.3, 0.4) is 0 Å².